The number of unbranched alkanes of at least 4 members (excludes halogenated alkanes) is 17. The van der Waals surface area contributed by atoms with Crippen molar-refractivity contribution in [1.29, 1.82) is 0 Å². The quantitative estimate of drug-likeness (QED) is 0.0234. The van der Waals surface area contributed by atoms with E-state index in [1.807, 2.05) is 0 Å². The lowest BCUT2D eigenvalue weighted by Gasteiger charge is -2.19. The van der Waals surface area contributed by atoms with E-state index in [0.29, 0.717) is 173 Å². The maximum Gasteiger partial charge on any atom is 0.335 e. The summed E-state index contributed by atoms with van der Waals surface area (Å²) in [5, 5.41) is 53.7. The van der Waals surface area contributed by atoms with Crippen LogP contribution in [0.2, 0.25) is 0 Å². The van der Waals surface area contributed by atoms with Gasteiger partial charge < -0.3 is 116 Å². The van der Waals surface area contributed by atoms with Crippen LogP contribution in [0.25, 0.3) is 0 Å². The molecule has 3 aromatic rings. The van der Waals surface area contributed by atoms with Crippen molar-refractivity contribution in [2.45, 2.75) is 301 Å². The summed E-state index contributed by atoms with van der Waals surface area (Å²) >= 11 is 0. The van der Waals surface area contributed by atoms with Crippen molar-refractivity contribution >= 4 is 99.8 Å². The van der Waals surface area contributed by atoms with Crippen molar-refractivity contribution in [3.63, 3.8) is 0 Å². The number of nitrogens with zero attached hydrogens (tertiary/aromatic N) is 1. The number of ketones is 7. The van der Waals surface area contributed by atoms with E-state index in [-0.39, 0.29) is 276 Å². The fourth-order valence-corrected chi connectivity index (χ4v) is 15.4. The number of carbonyl (C=O) groups is 17. The molecule has 0 aliphatic carbocycles. The molecule has 0 saturated carbocycles. The average molecular weight is 2060 g/mol. The van der Waals surface area contributed by atoms with Gasteiger partial charge in [0, 0.05) is 140 Å². The van der Waals surface area contributed by atoms with Gasteiger partial charge in [-0.3, -0.25) is 67.1 Å². The van der Waals surface area contributed by atoms with Crippen molar-refractivity contribution < 1.29 is 149 Å². The first-order valence-electron chi connectivity index (χ1n) is 52.2. The highest BCUT2D eigenvalue weighted by Crippen LogP contribution is 2.25. The summed E-state index contributed by atoms with van der Waals surface area (Å²) < 4.78 is 55.2. The Morgan fingerprint density at radius 2 is 0.740 bits per heavy atom. The highest BCUT2D eigenvalue weighted by Gasteiger charge is 2.29. The molecule has 1 heterocycles. The zero-order valence-electron chi connectivity index (χ0n) is 85.8. The highest BCUT2D eigenvalue weighted by molar-refractivity contribution is 5.92. The molecule has 146 heavy (non-hydrogen) atoms. The van der Waals surface area contributed by atoms with E-state index in [2.05, 4.69) is 41.9 Å². The SMILES string of the molecule is CC(=O)[C@H](CCCCNC(=O)COCCOCCCC(=O)[C@@H](N)CCCCNC(=O)COCCOCCCC(=O)CC[C@H](NC(=O)CCCCCCCCCOc1ccc(C(=O)O)cc1)C(=O)O)CC(=O)[C@H](CCCCNC(=O)COCCOCCNC(=O)[C@@H](N)CCCCCC(=O)COCCOCCNC(=O)CC[C@H](CC(=O)CCCCCCCCCOc1ccc(C(=O)O)cc1)C(=O)O)CC(=O)CCc1cnc[nH]1. The highest BCUT2D eigenvalue weighted by atomic mass is 16.5. The van der Waals surface area contributed by atoms with E-state index in [9.17, 15) is 91.7 Å². The Balaban J connectivity index is 1.10. The van der Waals surface area contributed by atoms with Gasteiger partial charge in [0.05, 0.1) is 115 Å². The first-order chi connectivity index (χ1) is 70.5. The molecule has 0 radical (unpaired) electrons. The van der Waals surface area contributed by atoms with Gasteiger partial charge in [0.1, 0.15) is 78.7 Å². The summed E-state index contributed by atoms with van der Waals surface area (Å²) in [4.78, 5) is 218. The van der Waals surface area contributed by atoms with Crippen LogP contribution in [0.4, 0.5) is 0 Å². The molecule has 3 rings (SSSR count). The Bertz CT molecular complexity index is 4200. The fraction of sp³-hybridized carbons (Fsp3) is 0.695. The molecule has 41 nitrogen and oxygen atoms in total. The number of aromatic carboxylic acids is 2. The molecular weight excluding hydrogens is 1900 g/mol. The van der Waals surface area contributed by atoms with Gasteiger partial charge in [-0.1, -0.05) is 89.9 Å². The van der Waals surface area contributed by atoms with Gasteiger partial charge in [-0.05, 0) is 171 Å². The number of imidazole rings is 1. The minimum atomic E-state index is -1.20. The number of aromatic amines is 1. The maximum atomic E-state index is 13.9. The molecule has 0 unspecified atom stereocenters. The number of nitrogens with two attached hydrogens (primary N) is 2. The molecule has 0 fully saturated rings. The molecule has 0 saturated heterocycles. The molecule has 41 heteroatoms. The van der Waals surface area contributed by atoms with Crippen LogP contribution in [0.3, 0.4) is 0 Å². The Labute approximate surface area is 858 Å². The third-order valence-electron chi connectivity index (χ3n) is 24.1. The number of amides is 6. The van der Waals surface area contributed by atoms with E-state index in [4.69, 9.17) is 69.0 Å². The number of nitrogens with one attached hydrogen (secondary N) is 7. The standard InChI is InChI=1S/C105H166N10O31/c1-78(116)81(27-17-20-50-109-98(125)74-143-67-62-138-56-26-34-94(121)91(106)32-19-22-52-111-100(127)75-142-66-61-137-55-25-31-85(117)43-48-93(105(135)136)115-97(124)35-16-9-5-3-7-11-24-58-146-90-46-38-80(39-47-90)103(131)132)71-95(122)82(69-87(119)42-41-84-72-108-77-114-84)28-18-21-51-110-99(126)76-144-68-64-140-60-54-113-101(128)92(107)33-15-12-14-30-88(120)73-141-65-63-139-59-53-112-96(123)49-40-83(104(133)134)70-86(118)29-13-8-4-2-6-10-23-57-145-89-44-36-79(37-45-89)102(129)130/h36-39,44-47,72,77,81-83,91-93H,2-35,40-43,48-71,73-76,106-107H2,1H3,(H,108,114)(H,109,125)(H,110,126)(H,111,127)(H,112,123)(H,113,128)(H,115,124)(H,129,130)(H,131,132)(H,133,134)(H,135,136)/t81-,82-,83-,91+,92+,93+/m1/s1. The van der Waals surface area contributed by atoms with Gasteiger partial charge in [-0.25, -0.2) is 19.4 Å². The number of carboxylic acid groups (broad SMARTS) is 4. The average Bonchev–Trinajstić information content (AvgIpc) is 1.35. The lowest BCUT2D eigenvalue weighted by molar-refractivity contribution is -0.144. The number of hydrogen-bond donors (Lipinski definition) is 13. The van der Waals surface area contributed by atoms with Gasteiger partial charge in [0.15, 0.2) is 5.78 Å². The molecule has 0 spiro atoms. The summed E-state index contributed by atoms with van der Waals surface area (Å²) in [5.74, 6) is -8.15. The van der Waals surface area contributed by atoms with Crippen molar-refractivity contribution in [2.75, 3.05) is 152 Å². The molecular formula is C105H166N10O31. The van der Waals surface area contributed by atoms with Crippen LogP contribution in [0.5, 0.6) is 11.5 Å². The van der Waals surface area contributed by atoms with Gasteiger partial charge in [0.2, 0.25) is 35.4 Å². The number of benzene rings is 2. The molecule has 1 aromatic heterocycles. The Kier molecular flexibility index (Phi) is 75.5. The minimum absolute atomic E-state index is 0.00467. The van der Waals surface area contributed by atoms with Crippen LogP contribution < -0.4 is 52.8 Å². The van der Waals surface area contributed by atoms with Crippen LogP contribution in [0.15, 0.2) is 61.1 Å². The summed E-state index contributed by atoms with van der Waals surface area (Å²) in [6.45, 7) is 5.45. The smallest absolute Gasteiger partial charge is 0.335 e. The molecule has 0 aliphatic heterocycles. The second kappa shape index (κ2) is 85.2. The largest absolute Gasteiger partial charge is 0.494 e. The van der Waals surface area contributed by atoms with Gasteiger partial charge in [-0.15, -0.1) is 0 Å². The summed E-state index contributed by atoms with van der Waals surface area (Å²) in [5.41, 5.74) is 13.4. The van der Waals surface area contributed by atoms with Crippen molar-refractivity contribution in [1.82, 2.24) is 41.9 Å². The predicted molar refractivity (Wildman–Crippen MR) is 540 cm³/mol. The first-order valence-corrected chi connectivity index (χ1v) is 52.2. The number of aryl methyl sites for hydroxylation is 1. The first kappa shape index (κ1) is 129. The van der Waals surface area contributed by atoms with Crippen LogP contribution in [0, 0.1) is 17.8 Å². The predicted octanol–water partition coefficient (Wildman–Crippen LogP) is 9.77. The number of rotatable bonds is 101. The Morgan fingerprint density at radius 3 is 1.24 bits per heavy atom. The zero-order valence-corrected chi connectivity index (χ0v) is 85.8. The monoisotopic (exact) mass is 2060 g/mol. The van der Waals surface area contributed by atoms with Crippen LogP contribution >= 0.6 is 0 Å². The summed E-state index contributed by atoms with van der Waals surface area (Å²) in [6, 6.07) is 9.99. The number of ether oxygens (including phenoxy) is 10. The Hall–Kier alpha value is -10.8. The zero-order chi connectivity index (χ0) is 107. The molecule has 0 aliphatic rings. The molecule has 0 bridgehead atoms. The number of H-pyrrole nitrogens is 1. The number of Topliss-reactive ketones (excluding diaryl/α,β-unsaturated/α-hetero) is 7. The summed E-state index contributed by atoms with van der Waals surface area (Å²) in [6.07, 6.45) is 25.1. The number of aliphatic carboxylic acids is 2. The third kappa shape index (κ3) is 70.9. The topological polar surface area (TPSA) is 616 Å². The number of hydrogen-bond acceptors (Lipinski definition) is 30. The van der Waals surface area contributed by atoms with E-state index >= 15 is 0 Å². The molecule has 6 amide bonds. The number of carboxylic acids is 4. The van der Waals surface area contributed by atoms with E-state index < -0.39 is 59.8 Å². The van der Waals surface area contributed by atoms with Crippen LogP contribution in [0.1, 0.15) is 303 Å². The van der Waals surface area contributed by atoms with Crippen molar-refractivity contribution in [2.24, 2.45) is 29.2 Å². The van der Waals surface area contributed by atoms with Gasteiger partial charge >= 0.3 is 23.9 Å². The van der Waals surface area contributed by atoms with Crippen molar-refractivity contribution in [3.8, 4) is 11.5 Å². The summed E-state index contributed by atoms with van der Waals surface area (Å²) in [7, 11) is 0. The molecule has 2 aromatic carbocycles. The van der Waals surface area contributed by atoms with Crippen LogP contribution in [-0.2, 0) is 116 Å². The maximum absolute atomic E-state index is 13.9. The number of aromatic nitrogens is 2. The molecule has 6 atom stereocenters. The Morgan fingerprint density at radius 1 is 0.322 bits per heavy atom. The third-order valence-corrected chi connectivity index (χ3v) is 24.1. The van der Waals surface area contributed by atoms with Gasteiger partial charge in [0.25, 0.3) is 0 Å². The van der Waals surface area contributed by atoms with E-state index in [0.717, 1.165) is 82.7 Å². The normalized spacial score (nSPS) is 12.5. The van der Waals surface area contributed by atoms with E-state index in [1.54, 1.807) is 30.5 Å². The van der Waals surface area contributed by atoms with E-state index in [1.165, 1.54) is 37.5 Å². The molecule has 15 N–H and O–H groups in total. The van der Waals surface area contributed by atoms with Crippen LogP contribution in [-0.4, -0.2) is 300 Å². The lowest BCUT2D eigenvalue weighted by atomic mass is 9.84. The second-order valence-electron chi connectivity index (χ2n) is 36.5. The van der Waals surface area contributed by atoms with Gasteiger partial charge in [-0.2, -0.15) is 0 Å². The second-order valence-corrected chi connectivity index (χ2v) is 36.5. The van der Waals surface area contributed by atoms with Crippen molar-refractivity contribution in [3.05, 3.63) is 77.9 Å². The fourth-order valence-electron chi connectivity index (χ4n) is 15.4. The molecule has 822 valence electrons. The number of carbonyl (C=O) groups excluding carboxylic acids is 13. The minimum Gasteiger partial charge on any atom is -0.494 e. The lowest BCUT2D eigenvalue weighted by Crippen LogP contribution is -2.41.